The SMILES string of the molecule is CC(O)(CNC(=O)NC1C=CCCC1)c1ccccc1. The van der Waals surface area contributed by atoms with Crippen LogP contribution in [0.15, 0.2) is 42.5 Å². The lowest BCUT2D eigenvalue weighted by molar-refractivity contribution is 0.0593. The summed E-state index contributed by atoms with van der Waals surface area (Å²) in [5.74, 6) is 0. The standard InChI is InChI=1S/C16H22N2O2/c1-16(20,13-8-4-2-5-9-13)12-17-15(19)18-14-10-6-3-7-11-14/h2,4-6,8-10,14,20H,3,7,11-12H2,1H3,(H2,17,18,19). The quantitative estimate of drug-likeness (QED) is 0.738. The number of amides is 2. The summed E-state index contributed by atoms with van der Waals surface area (Å²) in [5.41, 5.74) is -0.279. The van der Waals surface area contributed by atoms with Crippen molar-refractivity contribution in [1.29, 1.82) is 0 Å². The normalized spacial score (nSPS) is 21.0. The van der Waals surface area contributed by atoms with E-state index in [-0.39, 0.29) is 18.6 Å². The molecule has 1 aliphatic carbocycles. The van der Waals surface area contributed by atoms with Gasteiger partial charge in [-0.3, -0.25) is 0 Å². The number of carbonyl (C=O) groups excluding carboxylic acids is 1. The molecule has 0 heterocycles. The molecule has 1 aliphatic rings. The lowest BCUT2D eigenvalue weighted by atomic mass is 9.96. The third-order valence-corrected chi connectivity index (χ3v) is 3.56. The van der Waals surface area contributed by atoms with Crippen LogP contribution < -0.4 is 10.6 Å². The lowest BCUT2D eigenvalue weighted by Gasteiger charge is -2.25. The van der Waals surface area contributed by atoms with E-state index < -0.39 is 5.60 Å². The van der Waals surface area contributed by atoms with Crippen molar-refractivity contribution in [3.63, 3.8) is 0 Å². The van der Waals surface area contributed by atoms with E-state index in [4.69, 9.17) is 0 Å². The van der Waals surface area contributed by atoms with Gasteiger partial charge in [-0.25, -0.2) is 4.79 Å². The molecule has 4 heteroatoms. The molecule has 0 aliphatic heterocycles. The largest absolute Gasteiger partial charge is 0.384 e. The first-order chi connectivity index (χ1) is 9.58. The molecule has 0 saturated heterocycles. The number of nitrogens with one attached hydrogen (secondary N) is 2. The Labute approximate surface area is 119 Å². The van der Waals surface area contributed by atoms with E-state index in [2.05, 4.69) is 16.7 Å². The molecule has 3 N–H and O–H groups in total. The summed E-state index contributed by atoms with van der Waals surface area (Å²) in [4.78, 5) is 11.8. The maximum atomic E-state index is 11.8. The fraction of sp³-hybridized carbons (Fsp3) is 0.438. The number of rotatable bonds is 4. The number of carbonyl (C=O) groups is 1. The van der Waals surface area contributed by atoms with Gasteiger partial charge in [0.05, 0.1) is 6.54 Å². The number of allylic oxidation sites excluding steroid dienone is 1. The zero-order valence-corrected chi connectivity index (χ0v) is 11.8. The van der Waals surface area contributed by atoms with Crippen molar-refractivity contribution in [3.8, 4) is 0 Å². The summed E-state index contributed by atoms with van der Waals surface area (Å²) in [5, 5.41) is 16.0. The molecule has 2 unspecified atom stereocenters. The minimum absolute atomic E-state index is 0.102. The summed E-state index contributed by atoms with van der Waals surface area (Å²) in [6.07, 6.45) is 7.28. The van der Waals surface area contributed by atoms with E-state index in [0.29, 0.717) is 0 Å². The molecule has 0 aromatic heterocycles. The molecule has 20 heavy (non-hydrogen) atoms. The number of aliphatic hydroxyl groups is 1. The second-order valence-corrected chi connectivity index (χ2v) is 5.43. The van der Waals surface area contributed by atoms with Crippen molar-refractivity contribution in [1.82, 2.24) is 10.6 Å². The topological polar surface area (TPSA) is 61.4 Å². The molecule has 0 saturated carbocycles. The molecule has 4 nitrogen and oxygen atoms in total. The highest BCUT2D eigenvalue weighted by Gasteiger charge is 2.23. The monoisotopic (exact) mass is 274 g/mol. The van der Waals surface area contributed by atoms with Crippen molar-refractivity contribution in [2.24, 2.45) is 0 Å². The minimum atomic E-state index is -1.07. The number of urea groups is 1. The number of benzene rings is 1. The summed E-state index contributed by atoms with van der Waals surface area (Å²) < 4.78 is 0. The predicted octanol–water partition coefficient (Wildman–Crippen LogP) is 2.30. The highest BCUT2D eigenvalue weighted by atomic mass is 16.3. The van der Waals surface area contributed by atoms with E-state index in [9.17, 15) is 9.90 Å². The first-order valence-corrected chi connectivity index (χ1v) is 7.07. The van der Waals surface area contributed by atoms with Crippen molar-refractivity contribution >= 4 is 6.03 Å². The average molecular weight is 274 g/mol. The second kappa shape index (κ2) is 6.57. The van der Waals surface area contributed by atoms with Gasteiger partial charge in [0.2, 0.25) is 0 Å². The average Bonchev–Trinajstić information content (AvgIpc) is 2.47. The number of hydrogen-bond acceptors (Lipinski definition) is 2. The maximum Gasteiger partial charge on any atom is 0.315 e. The lowest BCUT2D eigenvalue weighted by Crippen LogP contribution is -2.46. The Morgan fingerprint density at radius 2 is 2.15 bits per heavy atom. The Morgan fingerprint density at radius 3 is 2.80 bits per heavy atom. The van der Waals surface area contributed by atoms with Gasteiger partial charge in [0.1, 0.15) is 5.60 Å². The Morgan fingerprint density at radius 1 is 1.40 bits per heavy atom. The van der Waals surface area contributed by atoms with E-state index in [1.165, 1.54) is 0 Å². The first-order valence-electron chi connectivity index (χ1n) is 7.07. The Kier molecular flexibility index (Phi) is 4.79. The maximum absolute atomic E-state index is 11.8. The van der Waals surface area contributed by atoms with Crippen LogP contribution in [0.1, 0.15) is 31.7 Å². The zero-order chi connectivity index (χ0) is 14.4. The summed E-state index contributed by atoms with van der Waals surface area (Å²) in [7, 11) is 0. The fourth-order valence-electron chi connectivity index (χ4n) is 2.30. The third kappa shape index (κ3) is 4.10. The predicted molar refractivity (Wildman–Crippen MR) is 79.3 cm³/mol. The van der Waals surface area contributed by atoms with Crippen LogP contribution in [-0.2, 0) is 5.60 Å². The van der Waals surface area contributed by atoms with E-state index >= 15 is 0 Å². The molecule has 2 rings (SSSR count). The van der Waals surface area contributed by atoms with Crippen LogP contribution in [0.25, 0.3) is 0 Å². The second-order valence-electron chi connectivity index (χ2n) is 5.43. The molecule has 0 radical (unpaired) electrons. The van der Waals surface area contributed by atoms with Gasteiger partial charge in [-0.05, 0) is 31.7 Å². The van der Waals surface area contributed by atoms with Crippen molar-refractivity contribution in [2.75, 3.05) is 6.54 Å². The smallest absolute Gasteiger partial charge is 0.315 e. The molecule has 0 spiro atoms. The zero-order valence-electron chi connectivity index (χ0n) is 11.8. The van der Waals surface area contributed by atoms with Crippen LogP contribution in [0.5, 0.6) is 0 Å². The number of hydrogen-bond donors (Lipinski definition) is 3. The van der Waals surface area contributed by atoms with Crippen LogP contribution in [0.2, 0.25) is 0 Å². The van der Waals surface area contributed by atoms with Gasteiger partial charge in [-0.1, -0.05) is 42.5 Å². The van der Waals surface area contributed by atoms with Crippen LogP contribution in [-0.4, -0.2) is 23.7 Å². The van der Waals surface area contributed by atoms with Gasteiger partial charge in [0.25, 0.3) is 0 Å². The van der Waals surface area contributed by atoms with Crippen LogP contribution in [0.4, 0.5) is 4.79 Å². The summed E-state index contributed by atoms with van der Waals surface area (Å²) >= 11 is 0. The molecule has 1 aromatic carbocycles. The van der Waals surface area contributed by atoms with Crippen LogP contribution >= 0.6 is 0 Å². The first kappa shape index (κ1) is 14.6. The van der Waals surface area contributed by atoms with Gasteiger partial charge in [0, 0.05) is 6.04 Å². The molecule has 1 aromatic rings. The Hall–Kier alpha value is -1.81. The molecular weight excluding hydrogens is 252 g/mol. The Bertz CT molecular complexity index is 469. The molecule has 0 fully saturated rings. The Balaban J connectivity index is 1.83. The molecular formula is C16H22N2O2. The third-order valence-electron chi connectivity index (χ3n) is 3.56. The summed E-state index contributed by atoms with van der Waals surface area (Å²) in [6.45, 7) is 1.88. The highest BCUT2D eigenvalue weighted by Crippen LogP contribution is 2.18. The van der Waals surface area contributed by atoms with Gasteiger partial charge in [0.15, 0.2) is 0 Å². The highest BCUT2D eigenvalue weighted by molar-refractivity contribution is 5.74. The van der Waals surface area contributed by atoms with Gasteiger partial charge < -0.3 is 15.7 Å². The van der Waals surface area contributed by atoms with E-state index in [1.807, 2.05) is 36.4 Å². The summed E-state index contributed by atoms with van der Waals surface area (Å²) in [6, 6.07) is 9.21. The molecule has 2 atom stereocenters. The minimum Gasteiger partial charge on any atom is -0.384 e. The van der Waals surface area contributed by atoms with Gasteiger partial charge in [-0.15, -0.1) is 0 Å². The molecule has 2 amide bonds. The van der Waals surface area contributed by atoms with E-state index in [0.717, 1.165) is 24.8 Å². The van der Waals surface area contributed by atoms with Gasteiger partial charge in [-0.2, -0.15) is 0 Å². The van der Waals surface area contributed by atoms with Gasteiger partial charge >= 0.3 is 6.03 Å². The van der Waals surface area contributed by atoms with Crippen LogP contribution in [0, 0.1) is 0 Å². The fourth-order valence-corrected chi connectivity index (χ4v) is 2.30. The van der Waals surface area contributed by atoms with Crippen molar-refractivity contribution in [2.45, 2.75) is 37.8 Å². The van der Waals surface area contributed by atoms with Crippen molar-refractivity contribution < 1.29 is 9.90 Å². The van der Waals surface area contributed by atoms with E-state index in [1.54, 1.807) is 6.92 Å². The molecule has 108 valence electrons. The van der Waals surface area contributed by atoms with Crippen molar-refractivity contribution in [3.05, 3.63) is 48.0 Å². The molecule has 0 bridgehead atoms. The van der Waals surface area contributed by atoms with Crippen LogP contribution in [0.3, 0.4) is 0 Å².